The van der Waals surface area contributed by atoms with E-state index in [0.717, 1.165) is 25.7 Å². The highest BCUT2D eigenvalue weighted by atomic mass is 16.2. The lowest BCUT2D eigenvalue weighted by Crippen LogP contribution is -2.51. The molecule has 0 bridgehead atoms. The molecule has 5 N–H and O–H groups in total. The van der Waals surface area contributed by atoms with Crippen molar-refractivity contribution in [3.63, 3.8) is 0 Å². The molecule has 3 rings (SSSR count). The summed E-state index contributed by atoms with van der Waals surface area (Å²) in [6, 6.07) is 1.19. The lowest BCUT2D eigenvalue weighted by molar-refractivity contribution is -0.137. The van der Waals surface area contributed by atoms with E-state index in [0.29, 0.717) is 18.7 Å². The van der Waals surface area contributed by atoms with E-state index in [4.69, 9.17) is 11.1 Å². The number of hydrogen-bond donors (Lipinski definition) is 4. The molecule has 2 atom stereocenters. The Morgan fingerprint density at radius 1 is 1.29 bits per heavy atom. The van der Waals surface area contributed by atoms with Gasteiger partial charge in [0, 0.05) is 24.3 Å². The van der Waals surface area contributed by atoms with Crippen LogP contribution in [0.4, 0.5) is 5.69 Å². The van der Waals surface area contributed by atoms with Crippen LogP contribution in [0.15, 0.2) is 18.5 Å². The Hall–Kier alpha value is -2.97. The van der Waals surface area contributed by atoms with Gasteiger partial charge >= 0.3 is 0 Å². The van der Waals surface area contributed by atoms with Crippen LogP contribution in [0, 0.1) is 10.8 Å². The number of hydrogen-bond acceptors (Lipinski definition) is 6. The maximum absolute atomic E-state index is 12.9. The van der Waals surface area contributed by atoms with Gasteiger partial charge in [-0.1, -0.05) is 20.3 Å². The van der Waals surface area contributed by atoms with E-state index in [9.17, 15) is 14.4 Å². The molecule has 1 aliphatic heterocycles. The Morgan fingerprint density at radius 3 is 2.77 bits per heavy atom. The largest absolute Gasteiger partial charge is 0.374 e. The molecule has 1 saturated heterocycles. The van der Waals surface area contributed by atoms with Gasteiger partial charge < -0.3 is 21.3 Å². The summed E-state index contributed by atoms with van der Waals surface area (Å²) in [6.45, 7) is 4.93. The van der Waals surface area contributed by atoms with Crippen LogP contribution in [0.5, 0.6) is 0 Å². The van der Waals surface area contributed by atoms with Crippen molar-refractivity contribution >= 4 is 29.1 Å². The number of primary amides is 1. The maximum Gasteiger partial charge on any atom is 0.267 e. The number of nitrogens with two attached hydrogens (primary N) is 1. The van der Waals surface area contributed by atoms with E-state index < -0.39 is 11.9 Å². The van der Waals surface area contributed by atoms with Crippen LogP contribution in [-0.2, 0) is 14.4 Å². The molecule has 9 nitrogen and oxygen atoms in total. The summed E-state index contributed by atoms with van der Waals surface area (Å²) in [5.41, 5.74) is 5.74. The quantitative estimate of drug-likeness (QED) is 0.486. The van der Waals surface area contributed by atoms with Gasteiger partial charge in [-0.2, -0.15) is 0 Å². The van der Waals surface area contributed by atoms with Gasteiger partial charge in [-0.3, -0.25) is 24.8 Å². The van der Waals surface area contributed by atoms with Crippen molar-refractivity contribution in [3.8, 4) is 0 Å². The molecule has 1 aromatic rings. The first kappa shape index (κ1) is 22.7. The molecule has 9 heteroatoms. The molecule has 1 aromatic heterocycles. The average Bonchev–Trinajstić information content (AvgIpc) is 3.21. The second kappa shape index (κ2) is 9.45. The summed E-state index contributed by atoms with van der Waals surface area (Å²) in [6.07, 6.45) is 8.53. The van der Waals surface area contributed by atoms with Crippen molar-refractivity contribution in [2.45, 2.75) is 64.5 Å². The first-order valence-electron chi connectivity index (χ1n) is 10.8. The standard InChI is InChI=1S/C22H32N6O3/c1-22(2)8-3-5-14(11-22)27-21(31)17-6-4-10-28(17)18(29)13-26-16-12-25-9-7-15(16)19(23)20(24)30/h7,9,12,14,17,23,26H,3-6,8,10-11,13H2,1-2H3,(H2,24,30)(H,27,31)/t14?,17-/m0/s1. The number of anilines is 1. The molecule has 2 heterocycles. The second-order valence-electron chi connectivity index (χ2n) is 9.23. The minimum atomic E-state index is -0.859. The van der Waals surface area contributed by atoms with Crippen molar-refractivity contribution in [3.05, 3.63) is 24.0 Å². The van der Waals surface area contributed by atoms with Crippen molar-refractivity contribution in [1.29, 1.82) is 5.41 Å². The van der Waals surface area contributed by atoms with Crippen LogP contribution < -0.4 is 16.4 Å². The number of carbonyl (C=O) groups is 3. The van der Waals surface area contributed by atoms with E-state index in [2.05, 4.69) is 29.5 Å². The van der Waals surface area contributed by atoms with Gasteiger partial charge in [0.1, 0.15) is 11.8 Å². The Bertz CT molecular complexity index is 869. The number of nitrogens with zero attached hydrogens (tertiary/aromatic N) is 2. The molecule has 1 unspecified atom stereocenters. The van der Waals surface area contributed by atoms with Gasteiger partial charge in [-0.25, -0.2) is 0 Å². The van der Waals surface area contributed by atoms with Crippen LogP contribution in [-0.4, -0.2) is 58.5 Å². The summed E-state index contributed by atoms with van der Waals surface area (Å²) < 4.78 is 0. The SMILES string of the molecule is CC1(C)CCCC(NC(=O)[C@@H]2CCCN2C(=O)CNc2cnccc2C(=N)C(N)=O)C1. The van der Waals surface area contributed by atoms with E-state index >= 15 is 0 Å². The van der Waals surface area contributed by atoms with Gasteiger partial charge in [0.25, 0.3) is 5.91 Å². The van der Waals surface area contributed by atoms with Gasteiger partial charge in [-0.15, -0.1) is 0 Å². The molecule has 31 heavy (non-hydrogen) atoms. The minimum Gasteiger partial charge on any atom is -0.374 e. The molecule has 0 radical (unpaired) electrons. The summed E-state index contributed by atoms with van der Waals surface area (Å²) >= 11 is 0. The fraction of sp³-hybridized carbons (Fsp3) is 0.591. The third kappa shape index (κ3) is 5.59. The second-order valence-corrected chi connectivity index (χ2v) is 9.23. The summed E-state index contributed by atoms with van der Waals surface area (Å²) in [5.74, 6) is -1.14. The molecule has 3 amide bonds. The number of amides is 3. The zero-order valence-electron chi connectivity index (χ0n) is 18.2. The smallest absolute Gasteiger partial charge is 0.267 e. The number of aromatic nitrogens is 1. The van der Waals surface area contributed by atoms with Gasteiger partial charge in [0.05, 0.1) is 18.4 Å². The molecule has 0 spiro atoms. The first-order valence-corrected chi connectivity index (χ1v) is 10.8. The fourth-order valence-electron chi connectivity index (χ4n) is 4.61. The highest BCUT2D eigenvalue weighted by molar-refractivity contribution is 6.44. The number of rotatable bonds is 7. The van der Waals surface area contributed by atoms with Gasteiger partial charge in [0.2, 0.25) is 11.8 Å². The molecule has 0 aromatic carbocycles. The zero-order chi connectivity index (χ0) is 22.6. The fourth-order valence-corrected chi connectivity index (χ4v) is 4.61. The van der Waals surface area contributed by atoms with E-state index in [1.807, 2.05) is 0 Å². The van der Waals surface area contributed by atoms with Crippen LogP contribution >= 0.6 is 0 Å². The molecule has 2 fully saturated rings. The molecule has 2 aliphatic rings. The van der Waals surface area contributed by atoms with Gasteiger partial charge in [0.15, 0.2) is 0 Å². The summed E-state index contributed by atoms with van der Waals surface area (Å²) in [7, 11) is 0. The van der Waals surface area contributed by atoms with Crippen LogP contribution in [0.25, 0.3) is 0 Å². The Kier molecular flexibility index (Phi) is 6.92. The van der Waals surface area contributed by atoms with Crippen LogP contribution in [0.2, 0.25) is 0 Å². The van der Waals surface area contributed by atoms with E-state index in [1.54, 1.807) is 4.90 Å². The number of pyridine rings is 1. The van der Waals surface area contributed by atoms with Crippen molar-refractivity contribution in [1.82, 2.24) is 15.2 Å². The minimum absolute atomic E-state index is 0.0645. The third-order valence-electron chi connectivity index (χ3n) is 6.19. The van der Waals surface area contributed by atoms with Crippen molar-refractivity contribution < 1.29 is 14.4 Å². The predicted octanol–water partition coefficient (Wildman–Crippen LogP) is 1.42. The highest BCUT2D eigenvalue weighted by Crippen LogP contribution is 2.35. The van der Waals surface area contributed by atoms with E-state index in [1.165, 1.54) is 24.9 Å². The van der Waals surface area contributed by atoms with E-state index in [-0.39, 0.29) is 41.1 Å². The monoisotopic (exact) mass is 428 g/mol. The molecule has 1 saturated carbocycles. The third-order valence-corrected chi connectivity index (χ3v) is 6.19. The van der Waals surface area contributed by atoms with Crippen molar-refractivity contribution in [2.24, 2.45) is 11.1 Å². The predicted molar refractivity (Wildman–Crippen MR) is 118 cm³/mol. The Labute approximate surface area is 182 Å². The van der Waals surface area contributed by atoms with Crippen LogP contribution in [0.3, 0.4) is 0 Å². The molecule has 1 aliphatic carbocycles. The summed E-state index contributed by atoms with van der Waals surface area (Å²) in [5, 5.41) is 13.9. The number of nitrogens with one attached hydrogen (secondary N) is 3. The Balaban J connectivity index is 1.60. The average molecular weight is 429 g/mol. The van der Waals surface area contributed by atoms with Crippen molar-refractivity contribution in [2.75, 3.05) is 18.4 Å². The van der Waals surface area contributed by atoms with Crippen LogP contribution in [0.1, 0.15) is 57.9 Å². The Morgan fingerprint density at radius 2 is 2.06 bits per heavy atom. The first-order chi connectivity index (χ1) is 14.7. The highest BCUT2D eigenvalue weighted by Gasteiger charge is 2.36. The molecule has 168 valence electrons. The van der Waals surface area contributed by atoms with Gasteiger partial charge in [-0.05, 0) is 43.6 Å². The normalized spacial score (nSPS) is 22.6. The molecular formula is C22H32N6O3. The lowest BCUT2D eigenvalue weighted by Gasteiger charge is -2.36. The molecular weight excluding hydrogens is 396 g/mol. The zero-order valence-corrected chi connectivity index (χ0v) is 18.2. The maximum atomic E-state index is 12.9. The lowest BCUT2D eigenvalue weighted by atomic mass is 9.75. The number of carbonyl (C=O) groups excluding carboxylic acids is 3. The summed E-state index contributed by atoms with van der Waals surface area (Å²) in [4.78, 5) is 42.7. The topological polar surface area (TPSA) is 141 Å². The number of likely N-dealkylation sites (tertiary alicyclic amines) is 1.